The Labute approximate surface area is 175 Å². The number of piperazine rings is 1. The molecule has 4 heteroatoms. The smallest absolute Gasteiger partial charge is 0.0345 e. The van der Waals surface area contributed by atoms with Crippen LogP contribution in [0.15, 0.2) is 47.3 Å². The van der Waals surface area contributed by atoms with Crippen LogP contribution in [0.3, 0.4) is 0 Å². The van der Waals surface area contributed by atoms with E-state index in [1.807, 2.05) is 0 Å². The summed E-state index contributed by atoms with van der Waals surface area (Å²) >= 11 is 3.47. The molecule has 1 saturated heterocycles. The Morgan fingerprint density at radius 3 is 2.37 bits per heavy atom. The highest BCUT2D eigenvalue weighted by molar-refractivity contribution is 9.11. The van der Waals surface area contributed by atoms with Crippen LogP contribution in [0.5, 0.6) is 0 Å². The van der Waals surface area contributed by atoms with Gasteiger partial charge in [-0.1, -0.05) is 48.2 Å². The quantitative estimate of drug-likeness (QED) is 0.436. The number of nitrogens with zero attached hydrogens (tertiary/aromatic N) is 2. The highest BCUT2D eigenvalue weighted by Gasteiger charge is 2.37. The molecule has 152 valence electrons. The highest BCUT2D eigenvalue weighted by atomic mass is 79.9. The predicted molar refractivity (Wildman–Crippen MR) is 122 cm³/mol. The van der Waals surface area contributed by atoms with Gasteiger partial charge in [0.05, 0.1) is 0 Å². The molecule has 0 aromatic carbocycles. The van der Waals surface area contributed by atoms with E-state index in [2.05, 4.69) is 83.2 Å². The summed E-state index contributed by atoms with van der Waals surface area (Å²) < 4.78 is 1.01. The lowest BCUT2D eigenvalue weighted by atomic mass is 9.98. The van der Waals surface area contributed by atoms with Crippen LogP contribution in [0.4, 0.5) is 0 Å². The van der Waals surface area contributed by atoms with Gasteiger partial charge in [0.1, 0.15) is 0 Å². The van der Waals surface area contributed by atoms with Gasteiger partial charge in [-0.3, -0.25) is 4.90 Å². The first-order valence-electron chi connectivity index (χ1n) is 10.4. The molecule has 1 heterocycles. The molecule has 2 rings (SSSR count). The van der Waals surface area contributed by atoms with Crippen molar-refractivity contribution in [2.24, 2.45) is 5.92 Å². The van der Waals surface area contributed by atoms with Crippen LogP contribution in [0.1, 0.15) is 52.9 Å². The molecule has 2 aliphatic rings. The van der Waals surface area contributed by atoms with E-state index in [0.717, 1.165) is 49.4 Å². The van der Waals surface area contributed by atoms with E-state index in [9.17, 15) is 0 Å². The van der Waals surface area contributed by atoms with Gasteiger partial charge in [-0.15, -0.1) is 0 Å². The summed E-state index contributed by atoms with van der Waals surface area (Å²) in [6, 6.07) is 0. The predicted octanol–water partition coefficient (Wildman–Crippen LogP) is 5.43. The molecule has 1 aliphatic heterocycles. The minimum atomic E-state index is 0.149. The average Bonchev–Trinajstić information content (AvgIpc) is 3.46. The summed E-state index contributed by atoms with van der Waals surface area (Å²) in [6.07, 6.45) is 12.4. The maximum Gasteiger partial charge on any atom is 0.0345 e. The van der Waals surface area contributed by atoms with Crippen molar-refractivity contribution >= 4 is 15.9 Å². The molecule has 0 aromatic rings. The van der Waals surface area contributed by atoms with E-state index in [4.69, 9.17) is 0 Å². The zero-order chi connectivity index (χ0) is 19.9. The zero-order valence-electron chi connectivity index (χ0n) is 17.6. The molecule has 0 amide bonds. The van der Waals surface area contributed by atoms with Crippen molar-refractivity contribution in [3.05, 3.63) is 47.3 Å². The largest absolute Gasteiger partial charge is 0.380 e. The molecule has 1 saturated carbocycles. The van der Waals surface area contributed by atoms with Crippen LogP contribution >= 0.6 is 15.9 Å². The molecular weight excluding hydrogens is 398 g/mol. The Hall–Kier alpha value is -1.00. The fraction of sp³-hybridized carbons (Fsp3) is 0.652. The summed E-state index contributed by atoms with van der Waals surface area (Å²) in [6.45, 7) is 20.9. The topological polar surface area (TPSA) is 18.5 Å². The second-order valence-corrected chi connectivity index (χ2v) is 9.62. The van der Waals surface area contributed by atoms with Crippen molar-refractivity contribution in [2.45, 2.75) is 58.4 Å². The molecule has 0 unspecified atom stereocenters. The van der Waals surface area contributed by atoms with Gasteiger partial charge in [0.25, 0.3) is 0 Å². The molecule has 27 heavy (non-hydrogen) atoms. The molecule has 0 radical (unpaired) electrons. The lowest BCUT2D eigenvalue weighted by molar-refractivity contribution is 0.158. The van der Waals surface area contributed by atoms with E-state index < -0.39 is 0 Å². The van der Waals surface area contributed by atoms with Gasteiger partial charge in [-0.25, -0.2) is 0 Å². The van der Waals surface area contributed by atoms with Crippen molar-refractivity contribution < 1.29 is 0 Å². The number of allylic oxidation sites excluding steroid dienone is 4. The van der Waals surface area contributed by atoms with E-state index in [1.165, 1.54) is 37.2 Å². The maximum absolute atomic E-state index is 4.33. The molecule has 1 N–H and O–H groups in total. The van der Waals surface area contributed by atoms with Crippen molar-refractivity contribution in [1.82, 2.24) is 15.1 Å². The third-order valence-corrected chi connectivity index (χ3v) is 5.94. The molecular formula is C23H38BrN3. The Bertz CT molecular complexity index is 564. The first-order chi connectivity index (χ1) is 12.8. The highest BCUT2D eigenvalue weighted by Crippen LogP contribution is 2.39. The Balaban J connectivity index is 1.86. The lowest BCUT2D eigenvalue weighted by Crippen LogP contribution is -2.45. The van der Waals surface area contributed by atoms with Crippen LogP contribution in [-0.2, 0) is 0 Å². The molecule has 0 bridgehead atoms. The van der Waals surface area contributed by atoms with Crippen LogP contribution in [0.25, 0.3) is 0 Å². The third-order valence-electron chi connectivity index (χ3n) is 5.62. The lowest BCUT2D eigenvalue weighted by Gasteiger charge is -2.36. The van der Waals surface area contributed by atoms with Crippen molar-refractivity contribution in [3.8, 4) is 0 Å². The SMILES string of the molecule is C=C(Br)C/C=C(\C=C/CC(=C)N1CCN(CCC)CC1)NC(C)(C)C1CC1. The van der Waals surface area contributed by atoms with Gasteiger partial charge in [0.2, 0.25) is 0 Å². The molecule has 0 aromatic heterocycles. The molecule has 1 aliphatic carbocycles. The Morgan fingerprint density at radius 1 is 1.15 bits per heavy atom. The van der Waals surface area contributed by atoms with Gasteiger partial charge < -0.3 is 10.2 Å². The van der Waals surface area contributed by atoms with E-state index in [1.54, 1.807) is 0 Å². The van der Waals surface area contributed by atoms with Gasteiger partial charge in [-0.05, 0) is 62.6 Å². The zero-order valence-corrected chi connectivity index (χ0v) is 19.2. The van der Waals surface area contributed by atoms with Crippen molar-refractivity contribution in [2.75, 3.05) is 32.7 Å². The molecule has 0 atom stereocenters. The Morgan fingerprint density at radius 2 is 1.81 bits per heavy atom. The fourth-order valence-electron chi connectivity index (χ4n) is 3.72. The van der Waals surface area contributed by atoms with E-state index in [-0.39, 0.29) is 5.54 Å². The number of hydrogen-bond acceptors (Lipinski definition) is 3. The van der Waals surface area contributed by atoms with Crippen LogP contribution in [0, 0.1) is 5.92 Å². The normalized spacial score (nSPS) is 19.6. The minimum absolute atomic E-state index is 0.149. The first kappa shape index (κ1) is 22.3. The third kappa shape index (κ3) is 7.87. The van der Waals surface area contributed by atoms with E-state index >= 15 is 0 Å². The monoisotopic (exact) mass is 435 g/mol. The summed E-state index contributed by atoms with van der Waals surface area (Å²) in [4.78, 5) is 5.00. The number of halogens is 1. The summed E-state index contributed by atoms with van der Waals surface area (Å²) in [5, 5.41) is 3.75. The van der Waals surface area contributed by atoms with Crippen molar-refractivity contribution in [1.29, 1.82) is 0 Å². The first-order valence-corrected chi connectivity index (χ1v) is 11.2. The van der Waals surface area contributed by atoms with Gasteiger partial charge in [0, 0.05) is 49.5 Å². The summed E-state index contributed by atoms with van der Waals surface area (Å²) in [5.74, 6) is 0.788. The van der Waals surface area contributed by atoms with Crippen LogP contribution < -0.4 is 5.32 Å². The summed E-state index contributed by atoms with van der Waals surface area (Å²) in [5.41, 5.74) is 2.57. The standard InChI is InChI=1S/C23H38BrN3/c1-6-14-26-15-17-27(18-16-26)20(3)8-7-9-22(13-10-19(2)24)25-23(4,5)21-11-12-21/h7,9,13,21,25H,2-3,6,8,10-12,14-18H2,1,4-5H3/b9-7-,22-13+. The van der Waals surface area contributed by atoms with E-state index in [0.29, 0.717) is 0 Å². The Kier molecular flexibility index (Phi) is 8.68. The van der Waals surface area contributed by atoms with Crippen LogP contribution in [-0.4, -0.2) is 48.1 Å². The second-order valence-electron chi connectivity index (χ2n) is 8.50. The number of nitrogens with one attached hydrogen (secondary N) is 1. The fourth-order valence-corrected chi connectivity index (χ4v) is 3.88. The average molecular weight is 436 g/mol. The second kappa shape index (κ2) is 10.5. The molecule has 2 fully saturated rings. The minimum Gasteiger partial charge on any atom is -0.380 e. The maximum atomic E-state index is 4.33. The van der Waals surface area contributed by atoms with Gasteiger partial charge in [-0.2, -0.15) is 0 Å². The number of hydrogen-bond donors (Lipinski definition) is 1. The number of rotatable bonds is 11. The van der Waals surface area contributed by atoms with Gasteiger partial charge in [0.15, 0.2) is 0 Å². The van der Waals surface area contributed by atoms with Crippen LogP contribution in [0.2, 0.25) is 0 Å². The molecule has 3 nitrogen and oxygen atoms in total. The molecule has 0 spiro atoms. The van der Waals surface area contributed by atoms with Gasteiger partial charge >= 0.3 is 0 Å². The summed E-state index contributed by atoms with van der Waals surface area (Å²) in [7, 11) is 0. The van der Waals surface area contributed by atoms with Crippen molar-refractivity contribution in [3.63, 3.8) is 0 Å².